The highest BCUT2D eigenvalue weighted by Crippen LogP contribution is 2.37. The first kappa shape index (κ1) is 19.7. The second-order valence-electron chi connectivity index (χ2n) is 8.25. The number of azo groups is 1. The van der Waals surface area contributed by atoms with Gasteiger partial charge in [-0.25, -0.2) is 14.5 Å². The van der Waals surface area contributed by atoms with Crippen molar-refractivity contribution in [2.45, 2.75) is 33.1 Å². The van der Waals surface area contributed by atoms with Crippen molar-refractivity contribution in [1.29, 1.82) is 0 Å². The van der Waals surface area contributed by atoms with Crippen LogP contribution in [0.1, 0.15) is 32.3 Å². The summed E-state index contributed by atoms with van der Waals surface area (Å²) in [6.45, 7) is 8.18. The first-order chi connectivity index (χ1) is 15.4. The number of pyridine rings is 1. The Kier molecular flexibility index (Phi) is 4.58. The highest BCUT2D eigenvalue weighted by molar-refractivity contribution is 5.72. The average Bonchev–Trinajstić information content (AvgIpc) is 3.48. The minimum absolute atomic E-state index is 0.214. The molecule has 0 fully saturated rings. The van der Waals surface area contributed by atoms with Gasteiger partial charge >= 0.3 is 0 Å². The Bertz CT molecular complexity index is 1350. The van der Waals surface area contributed by atoms with Gasteiger partial charge < -0.3 is 0 Å². The SMILES string of the molecule is Cc1nnc2c(N=Nc3c(-c4ccccn4)cnn3-c3ncccn3)c(C(C)(C)C)[nH]n12. The fraction of sp³-hybridized carbons (Fsp3) is 0.238. The minimum Gasteiger partial charge on any atom is -0.292 e. The van der Waals surface area contributed by atoms with E-state index in [2.05, 4.69) is 66.3 Å². The molecule has 11 nitrogen and oxygen atoms in total. The maximum Gasteiger partial charge on any atom is 0.252 e. The van der Waals surface area contributed by atoms with E-state index < -0.39 is 0 Å². The first-order valence-electron chi connectivity index (χ1n) is 10.1. The smallest absolute Gasteiger partial charge is 0.252 e. The molecule has 0 aliphatic heterocycles. The van der Waals surface area contributed by atoms with Gasteiger partial charge in [0, 0.05) is 24.0 Å². The van der Waals surface area contributed by atoms with Gasteiger partial charge in [0.15, 0.2) is 11.5 Å². The van der Waals surface area contributed by atoms with E-state index in [9.17, 15) is 0 Å². The summed E-state index contributed by atoms with van der Waals surface area (Å²) in [6, 6.07) is 7.40. The molecule has 0 spiro atoms. The molecule has 0 unspecified atom stereocenters. The number of nitrogens with zero attached hydrogens (tertiary/aromatic N) is 10. The topological polar surface area (TPSA) is 127 Å². The zero-order valence-corrected chi connectivity index (χ0v) is 18.1. The van der Waals surface area contributed by atoms with Gasteiger partial charge in [-0.15, -0.1) is 20.4 Å². The molecule has 5 aromatic rings. The Hall–Kier alpha value is -4.28. The van der Waals surface area contributed by atoms with Gasteiger partial charge in [-0.2, -0.15) is 9.78 Å². The summed E-state index contributed by atoms with van der Waals surface area (Å²) >= 11 is 0. The van der Waals surface area contributed by atoms with Crippen molar-refractivity contribution < 1.29 is 0 Å². The molecule has 5 aromatic heterocycles. The molecule has 0 saturated carbocycles. The van der Waals surface area contributed by atoms with Crippen molar-refractivity contribution >= 4 is 17.2 Å². The van der Waals surface area contributed by atoms with E-state index >= 15 is 0 Å². The van der Waals surface area contributed by atoms with Crippen molar-refractivity contribution in [1.82, 2.24) is 44.5 Å². The van der Waals surface area contributed by atoms with Gasteiger partial charge in [0.1, 0.15) is 5.82 Å². The van der Waals surface area contributed by atoms with E-state index in [1.807, 2.05) is 29.6 Å². The molecule has 5 heterocycles. The molecule has 0 aliphatic rings. The number of aromatic amines is 1. The lowest BCUT2D eigenvalue weighted by atomic mass is 9.91. The molecule has 1 N–H and O–H groups in total. The number of H-pyrrole nitrogens is 1. The van der Waals surface area contributed by atoms with Crippen LogP contribution in [0.2, 0.25) is 0 Å². The Morgan fingerprint density at radius 2 is 1.72 bits per heavy atom. The third-order valence-electron chi connectivity index (χ3n) is 4.92. The monoisotopic (exact) mass is 427 g/mol. The maximum absolute atomic E-state index is 4.62. The minimum atomic E-state index is -0.214. The van der Waals surface area contributed by atoms with Crippen LogP contribution in [0.15, 0.2) is 59.3 Å². The molecule has 32 heavy (non-hydrogen) atoms. The van der Waals surface area contributed by atoms with Gasteiger partial charge in [0.2, 0.25) is 5.65 Å². The molecule has 0 aromatic carbocycles. The van der Waals surface area contributed by atoms with E-state index in [1.165, 1.54) is 0 Å². The predicted molar refractivity (Wildman–Crippen MR) is 117 cm³/mol. The molecule has 160 valence electrons. The Morgan fingerprint density at radius 1 is 0.938 bits per heavy atom. The molecule has 5 rings (SSSR count). The van der Waals surface area contributed by atoms with Gasteiger partial charge in [0.05, 0.1) is 23.1 Å². The lowest BCUT2D eigenvalue weighted by Crippen LogP contribution is -2.12. The normalized spacial score (nSPS) is 12.2. The number of fused-ring (bicyclic) bond motifs is 1. The Morgan fingerprint density at radius 3 is 2.44 bits per heavy atom. The fourth-order valence-corrected chi connectivity index (χ4v) is 3.33. The number of hydrogen-bond acceptors (Lipinski definition) is 8. The Balaban J connectivity index is 1.70. The first-order valence-corrected chi connectivity index (χ1v) is 10.1. The highest BCUT2D eigenvalue weighted by Gasteiger charge is 2.26. The summed E-state index contributed by atoms with van der Waals surface area (Å²) in [5.74, 6) is 1.59. The zero-order chi connectivity index (χ0) is 22.3. The summed E-state index contributed by atoms with van der Waals surface area (Å²) in [6.07, 6.45) is 6.71. The summed E-state index contributed by atoms with van der Waals surface area (Å²) in [5, 5.41) is 25.5. The summed E-state index contributed by atoms with van der Waals surface area (Å²) < 4.78 is 3.36. The number of rotatable bonds is 4. The number of hydrogen-bond donors (Lipinski definition) is 1. The Labute approximate surface area is 183 Å². The number of nitrogens with one attached hydrogen (secondary N) is 1. The standard InChI is InChI=1S/C21H21N11/c1-13-26-29-19-16(17(21(2,3)4)30-31(13)19)27-28-18-14(15-8-5-6-9-22-15)12-25-32(18)20-23-10-7-11-24-20/h5-12,30H,1-4H3. The van der Waals surface area contributed by atoms with Crippen LogP contribution in [0.4, 0.5) is 11.5 Å². The van der Waals surface area contributed by atoms with Crippen molar-refractivity contribution in [2.24, 2.45) is 10.2 Å². The molecule has 11 heteroatoms. The molecule has 0 bridgehead atoms. The number of aryl methyl sites for hydroxylation is 1. The van der Waals surface area contributed by atoms with E-state index in [0.717, 1.165) is 17.2 Å². The molecule has 0 atom stereocenters. The summed E-state index contributed by atoms with van der Waals surface area (Å²) in [5.41, 5.74) is 3.34. The van der Waals surface area contributed by atoms with E-state index in [-0.39, 0.29) is 5.41 Å². The van der Waals surface area contributed by atoms with Crippen molar-refractivity contribution in [2.75, 3.05) is 0 Å². The summed E-state index contributed by atoms with van der Waals surface area (Å²) in [4.78, 5) is 13.1. The van der Waals surface area contributed by atoms with Crippen molar-refractivity contribution in [3.63, 3.8) is 0 Å². The third-order valence-corrected chi connectivity index (χ3v) is 4.92. The third kappa shape index (κ3) is 3.33. The second-order valence-corrected chi connectivity index (χ2v) is 8.25. The molecule has 0 aliphatic carbocycles. The van der Waals surface area contributed by atoms with Crippen LogP contribution in [0.25, 0.3) is 22.9 Å². The largest absolute Gasteiger partial charge is 0.292 e. The predicted octanol–water partition coefficient (Wildman–Crippen LogP) is 4.12. The number of aromatic nitrogens is 9. The molecule has 0 saturated heterocycles. The quantitative estimate of drug-likeness (QED) is 0.430. The maximum atomic E-state index is 4.62. The lowest BCUT2D eigenvalue weighted by Gasteiger charge is -2.16. The van der Waals surface area contributed by atoms with Gasteiger partial charge in [0.25, 0.3) is 5.95 Å². The van der Waals surface area contributed by atoms with Gasteiger partial charge in [-0.3, -0.25) is 10.1 Å². The van der Waals surface area contributed by atoms with Gasteiger partial charge in [-0.05, 0) is 25.1 Å². The van der Waals surface area contributed by atoms with E-state index in [4.69, 9.17) is 0 Å². The fourth-order valence-electron chi connectivity index (χ4n) is 3.33. The van der Waals surface area contributed by atoms with Crippen LogP contribution < -0.4 is 0 Å². The van der Waals surface area contributed by atoms with Crippen molar-refractivity contribution in [3.8, 4) is 17.2 Å². The molecular formula is C21H21N11. The molecule has 0 radical (unpaired) electrons. The molecule has 0 amide bonds. The van der Waals surface area contributed by atoms with E-state index in [0.29, 0.717) is 28.7 Å². The van der Waals surface area contributed by atoms with Crippen LogP contribution in [-0.4, -0.2) is 44.5 Å². The average molecular weight is 427 g/mol. The van der Waals surface area contributed by atoms with Crippen LogP contribution in [0, 0.1) is 6.92 Å². The summed E-state index contributed by atoms with van der Waals surface area (Å²) in [7, 11) is 0. The lowest BCUT2D eigenvalue weighted by molar-refractivity contribution is 0.561. The zero-order valence-electron chi connectivity index (χ0n) is 18.1. The van der Waals surface area contributed by atoms with Crippen molar-refractivity contribution in [3.05, 3.63) is 60.6 Å². The van der Waals surface area contributed by atoms with Gasteiger partial charge in [-0.1, -0.05) is 26.8 Å². The van der Waals surface area contributed by atoms with Crippen LogP contribution >= 0.6 is 0 Å². The van der Waals surface area contributed by atoms with Crippen LogP contribution in [0.3, 0.4) is 0 Å². The molecular weight excluding hydrogens is 406 g/mol. The highest BCUT2D eigenvalue weighted by atomic mass is 15.4. The van der Waals surface area contributed by atoms with Crippen LogP contribution in [0.5, 0.6) is 0 Å². The van der Waals surface area contributed by atoms with Crippen LogP contribution in [-0.2, 0) is 5.41 Å². The second kappa shape index (κ2) is 7.45. The van der Waals surface area contributed by atoms with E-state index in [1.54, 1.807) is 35.5 Å².